The number of halogens is 1. The fourth-order valence-electron chi connectivity index (χ4n) is 2.12. The molecule has 0 aliphatic rings. The molecule has 5 heteroatoms. The molecule has 112 valence electrons. The van der Waals surface area contributed by atoms with Gasteiger partial charge in [0.1, 0.15) is 11.6 Å². The first kappa shape index (κ1) is 16.4. The molecule has 0 aromatic heterocycles. The molecule has 0 aliphatic heterocycles. The highest BCUT2D eigenvalue weighted by atomic mass is 19.1. The molecule has 0 saturated carbocycles. The minimum Gasteiger partial charge on any atom is -0.497 e. The summed E-state index contributed by atoms with van der Waals surface area (Å²) in [5.41, 5.74) is 0.0394. The van der Waals surface area contributed by atoms with Gasteiger partial charge in [0.2, 0.25) is 0 Å². The van der Waals surface area contributed by atoms with Gasteiger partial charge in [-0.3, -0.25) is 9.69 Å². The van der Waals surface area contributed by atoms with E-state index in [-0.39, 0.29) is 11.6 Å². The fraction of sp³-hybridized carbons (Fsp3) is 0.533. The number of benzene rings is 1. The number of carbonyl (C=O) groups excluding carboxylic acids is 1. The van der Waals surface area contributed by atoms with Gasteiger partial charge in [0.15, 0.2) is 0 Å². The number of amides is 1. The summed E-state index contributed by atoms with van der Waals surface area (Å²) < 4.78 is 18.7. The number of nitrogens with one attached hydrogen (secondary N) is 1. The first-order valence-corrected chi connectivity index (χ1v) is 6.89. The van der Waals surface area contributed by atoms with Crippen LogP contribution in [0.3, 0.4) is 0 Å². The van der Waals surface area contributed by atoms with Gasteiger partial charge < -0.3 is 10.1 Å². The van der Waals surface area contributed by atoms with Crippen LogP contribution in [0.15, 0.2) is 18.2 Å². The quantitative estimate of drug-likeness (QED) is 0.834. The Kier molecular flexibility index (Phi) is 6.45. The van der Waals surface area contributed by atoms with Crippen molar-refractivity contribution in [1.82, 2.24) is 10.2 Å². The average molecular weight is 282 g/mol. The predicted octanol–water partition coefficient (Wildman–Crippen LogP) is 2.29. The zero-order valence-electron chi connectivity index (χ0n) is 12.6. The molecule has 0 fully saturated rings. The van der Waals surface area contributed by atoms with E-state index in [4.69, 9.17) is 4.74 Å². The number of carbonyl (C=O) groups is 1. The minimum atomic E-state index is -0.572. The second-order valence-corrected chi connectivity index (χ2v) is 4.63. The van der Waals surface area contributed by atoms with E-state index in [1.807, 2.05) is 6.92 Å². The zero-order chi connectivity index (χ0) is 15.1. The van der Waals surface area contributed by atoms with Crippen molar-refractivity contribution in [3.8, 4) is 5.75 Å². The third kappa shape index (κ3) is 4.20. The Morgan fingerprint density at radius 3 is 2.55 bits per heavy atom. The lowest BCUT2D eigenvalue weighted by molar-refractivity contribution is 0.0934. The van der Waals surface area contributed by atoms with Crippen LogP contribution in [-0.2, 0) is 0 Å². The third-order valence-electron chi connectivity index (χ3n) is 3.41. The van der Waals surface area contributed by atoms with Crippen LogP contribution in [0.2, 0.25) is 0 Å². The van der Waals surface area contributed by atoms with Gasteiger partial charge in [-0.15, -0.1) is 0 Å². The molecule has 0 radical (unpaired) electrons. The number of nitrogens with zero attached hydrogens (tertiary/aromatic N) is 1. The maximum Gasteiger partial charge on any atom is 0.254 e. The van der Waals surface area contributed by atoms with Crippen molar-refractivity contribution >= 4 is 5.91 Å². The topological polar surface area (TPSA) is 41.6 Å². The molecule has 1 rings (SSSR count). The SMILES string of the molecule is CCN(CC)C(C)CNC(=O)c1ccc(OC)cc1F. The van der Waals surface area contributed by atoms with E-state index in [9.17, 15) is 9.18 Å². The van der Waals surface area contributed by atoms with E-state index in [2.05, 4.69) is 24.1 Å². The molecule has 1 aromatic carbocycles. The lowest BCUT2D eigenvalue weighted by atomic mass is 10.2. The standard InChI is InChI=1S/C15H23FN2O2/c1-5-18(6-2)11(3)10-17-15(19)13-8-7-12(20-4)9-14(13)16/h7-9,11H,5-6,10H2,1-4H3,(H,17,19). The summed E-state index contributed by atoms with van der Waals surface area (Å²) >= 11 is 0. The van der Waals surface area contributed by atoms with Crippen LogP contribution in [0.25, 0.3) is 0 Å². The Morgan fingerprint density at radius 1 is 1.40 bits per heavy atom. The summed E-state index contributed by atoms with van der Waals surface area (Å²) in [7, 11) is 1.46. The van der Waals surface area contributed by atoms with Gasteiger partial charge in [-0.25, -0.2) is 4.39 Å². The van der Waals surface area contributed by atoms with E-state index < -0.39 is 11.7 Å². The number of hydrogen-bond donors (Lipinski definition) is 1. The van der Waals surface area contributed by atoms with Crippen molar-refractivity contribution < 1.29 is 13.9 Å². The summed E-state index contributed by atoms with van der Waals surface area (Å²) in [5, 5.41) is 2.76. The minimum absolute atomic E-state index is 0.0394. The number of likely N-dealkylation sites (N-methyl/N-ethyl adjacent to an activating group) is 1. The van der Waals surface area contributed by atoms with E-state index in [0.29, 0.717) is 12.3 Å². The van der Waals surface area contributed by atoms with Crippen LogP contribution in [0.5, 0.6) is 5.75 Å². The maximum atomic E-state index is 13.8. The monoisotopic (exact) mass is 282 g/mol. The van der Waals surface area contributed by atoms with Crippen molar-refractivity contribution in [3.05, 3.63) is 29.6 Å². The molecule has 20 heavy (non-hydrogen) atoms. The maximum absolute atomic E-state index is 13.8. The van der Waals surface area contributed by atoms with Crippen molar-refractivity contribution in [1.29, 1.82) is 0 Å². The summed E-state index contributed by atoms with van der Waals surface area (Å²) in [6, 6.07) is 4.44. The number of rotatable bonds is 7. The van der Waals surface area contributed by atoms with Crippen LogP contribution in [-0.4, -0.2) is 43.6 Å². The first-order chi connectivity index (χ1) is 9.53. The fourth-order valence-corrected chi connectivity index (χ4v) is 2.12. The molecule has 1 unspecified atom stereocenters. The van der Waals surface area contributed by atoms with Gasteiger partial charge >= 0.3 is 0 Å². The van der Waals surface area contributed by atoms with Gasteiger partial charge in [0.25, 0.3) is 5.91 Å². The predicted molar refractivity (Wildman–Crippen MR) is 77.7 cm³/mol. The van der Waals surface area contributed by atoms with Crippen LogP contribution in [0.4, 0.5) is 4.39 Å². The third-order valence-corrected chi connectivity index (χ3v) is 3.41. The van der Waals surface area contributed by atoms with Gasteiger partial charge in [-0.1, -0.05) is 13.8 Å². The van der Waals surface area contributed by atoms with Crippen molar-refractivity contribution in [2.45, 2.75) is 26.8 Å². The second-order valence-electron chi connectivity index (χ2n) is 4.63. The Balaban J connectivity index is 2.63. The lowest BCUT2D eigenvalue weighted by Crippen LogP contribution is -2.42. The summed E-state index contributed by atoms with van der Waals surface area (Å²) in [5.74, 6) is -0.572. The van der Waals surface area contributed by atoms with E-state index in [0.717, 1.165) is 13.1 Å². The Morgan fingerprint density at radius 2 is 2.05 bits per heavy atom. The zero-order valence-corrected chi connectivity index (χ0v) is 12.6. The molecule has 0 bridgehead atoms. The lowest BCUT2D eigenvalue weighted by Gasteiger charge is -2.26. The molecule has 0 aliphatic carbocycles. The molecule has 1 amide bonds. The molecule has 0 heterocycles. The highest BCUT2D eigenvalue weighted by Gasteiger charge is 2.15. The number of methoxy groups -OCH3 is 1. The van der Waals surface area contributed by atoms with E-state index in [1.165, 1.54) is 19.2 Å². The van der Waals surface area contributed by atoms with Gasteiger partial charge in [0, 0.05) is 18.7 Å². The Bertz CT molecular complexity index is 447. The largest absolute Gasteiger partial charge is 0.497 e. The van der Waals surface area contributed by atoms with Crippen LogP contribution in [0.1, 0.15) is 31.1 Å². The molecule has 0 spiro atoms. The van der Waals surface area contributed by atoms with Crippen LogP contribution < -0.4 is 10.1 Å². The molecule has 1 aromatic rings. The molecular weight excluding hydrogens is 259 g/mol. The Hall–Kier alpha value is -1.62. The summed E-state index contributed by atoms with van der Waals surface area (Å²) in [6.45, 7) is 8.52. The smallest absolute Gasteiger partial charge is 0.254 e. The van der Waals surface area contributed by atoms with Gasteiger partial charge in [-0.2, -0.15) is 0 Å². The van der Waals surface area contributed by atoms with Gasteiger partial charge in [0.05, 0.1) is 12.7 Å². The van der Waals surface area contributed by atoms with Crippen LogP contribution >= 0.6 is 0 Å². The van der Waals surface area contributed by atoms with Crippen molar-refractivity contribution in [2.75, 3.05) is 26.7 Å². The van der Waals surface area contributed by atoms with Gasteiger partial charge in [-0.05, 0) is 32.1 Å². The molecule has 0 saturated heterocycles. The first-order valence-electron chi connectivity index (χ1n) is 6.89. The highest BCUT2D eigenvalue weighted by Crippen LogP contribution is 2.16. The normalized spacial score (nSPS) is 12.3. The Labute approximate surface area is 119 Å². The second kappa shape index (κ2) is 7.85. The average Bonchev–Trinajstić information content (AvgIpc) is 2.45. The molecule has 1 N–H and O–H groups in total. The summed E-state index contributed by atoms with van der Waals surface area (Å²) in [6.07, 6.45) is 0. The van der Waals surface area contributed by atoms with Crippen LogP contribution in [0, 0.1) is 5.82 Å². The number of hydrogen-bond acceptors (Lipinski definition) is 3. The van der Waals surface area contributed by atoms with Crippen molar-refractivity contribution in [3.63, 3.8) is 0 Å². The van der Waals surface area contributed by atoms with E-state index in [1.54, 1.807) is 6.07 Å². The molecular formula is C15H23FN2O2. The molecule has 1 atom stereocenters. The molecule has 4 nitrogen and oxygen atoms in total. The van der Waals surface area contributed by atoms with E-state index >= 15 is 0 Å². The van der Waals surface area contributed by atoms with Crippen molar-refractivity contribution in [2.24, 2.45) is 0 Å². The highest BCUT2D eigenvalue weighted by molar-refractivity contribution is 5.94. The number of ether oxygens (including phenoxy) is 1. The summed E-state index contributed by atoms with van der Waals surface area (Å²) in [4.78, 5) is 14.2.